The third-order valence-electron chi connectivity index (χ3n) is 2.08. The van der Waals surface area contributed by atoms with Crippen LogP contribution in [-0.2, 0) is 9.53 Å². The highest BCUT2D eigenvalue weighted by molar-refractivity contribution is 8.00. The predicted octanol–water partition coefficient (Wildman–Crippen LogP) is 1.95. The summed E-state index contributed by atoms with van der Waals surface area (Å²) in [5, 5.41) is 10.9. The van der Waals surface area contributed by atoms with Gasteiger partial charge in [-0.25, -0.2) is 0 Å². The van der Waals surface area contributed by atoms with Crippen LogP contribution in [0.5, 0.6) is 0 Å². The molecule has 0 aliphatic rings. The minimum Gasteiger partial charge on any atom is -0.465 e. The second-order valence-electron chi connectivity index (χ2n) is 3.97. The second kappa shape index (κ2) is 8.44. The zero-order chi connectivity index (χ0) is 13.4. The lowest BCUT2D eigenvalue weighted by atomic mass is 10.2. The monoisotopic (exact) mass is 289 g/mol. The van der Waals surface area contributed by atoms with E-state index in [-0.39, 0.29) is 18.1 Å². The van der Waals surface area contributed by atoms with Crippen LogP contribution >= 0.6 is 23.1 Å². The van der Waals surface area contributed by atoms with E-state index in [2.05, 4.69) is 15.5 Å². The Labute approximate surface area is 116 Å². The highest BCUT2D eigenvalue weighted by Gasteiger charge is 2.20. The first kappa shape index (κ1) is 15.4. The van der Waals surface area contributed by atoms with Crippen molar-refractivity contribution in [2.75, 3.05) is 12.4 Å². The van der Waals surface area contributed by atoms with Crippen LogP contribution in [0.25, 0.3) is 0 Å². The molecule has 18 heavy (non-hydrogen) atoms. The minimum absolute atomic E-state index is 0.177. The van der Waals surface area contributed by atoms with Crippen molar-refractivity contribution in [3.05, 3.63) is 5.51 Å². The van der Waals surface area contributed by atoms with E-state index in [1.54, 1.807) is 17.3 Å². The summed E-state index contributed by atoms with van der Waals surface area (Å²) < 4.78 is 5.99. The van der Waals surface area contributed by atoms with E-state index >= 15 is 0 Å². The number of ether oxygens (including phenoxy) is 1. The van der Waals surface area contributed by atoms with E-state index in [0.29, 0.717) is 6.61 Å². The van der Waals surface area contributed by atoms with Gasteiger partial charge in [-0.15, -0.1) is 10.2 Å². The molecule has 0 saturated heterocycles. The lowest BCUT2D eigenvalue weighted by molar-refractivity contribution is -0.145. The molecule has 0 spiro atoms. The van der Waals surface area contributed by atoms with Crippen molar-refractivity contribution < 1.29 is 9.53 Å². The quantitative estimate of drug-likeness (QED) is 0.583. The molecule has 1 N–H and O–H groups in total. The number of hydrogen-bond donors (Lipinski definition) is 1. The van der Waals surface area contributed by atoms with Crippen molar-refractivity contribution in [1.29, 1.82) is 0 Å². The van der Waals surface area contributed by atoms with Gasteiger partial charge in [-0.2, -0.15) is 0 Å². The van der Waals surface area contributed by atoms with E-state index in [1.807, 2.05) is 20.8 Å². The van der Waals surface area contributed by atoms with Crippen molar-refractivity contribution >= 4 is 29.1 Å². The number of esters is 1. The Morgan fingerprint density at radius 3 is 2.94 bits per heavy atom. The SMILES string of the molecule is CCOC(=O)C(CCSc1nncs1)NC(C)C. The highest BCUT2D eigenvalue weighted by atomic mass is 32.2. The normalized spacial score (nSPS) is 12.7. The van der Waals surface area contributed by atoms with Gasteiger partial charge < -0.3 is 10.1 Å². The lowest BCUT2D eigenvalue weighted by Gasteiger charge is -2.19. The number of nitrogens with one attached hydrogen (secondary N) is 1. The fourth-order valence-electron chi connectivity index (χ4n) is 1.40. The molecule has 7 heteroatoms. The first-order valence-electron chi connectivity index (χ1n) is 5.95. The Morgan fingerprint density at radius 2 is 2.39 bits per heavy atom. The molecular formula is C11H19N3O2S2. The lowest BCUT2D eigenvalue weighted by Crippen LogP contribution is -2.42. The second-order valence-corrected chi connectivity index (χ2v) is 6.14. The molecule has 0 saturated carbocycles. The average molecular weight is 289 g/mol. The number of hydrogen-bond acceptors (Lipinski definition) is 7. The molecule has 0 aliphatic heterocycles. The molecule has 0 fully saturated rings. The summed E-state index contributed by atoms with van der Waals surface area (Å²) in [4.78, 5) is 11.8. The number of nitrogens with zero attached hydrogens (tertiary/aromatic N) is 2. The first-order chi connectivity index (χ1) is 8.63. The number of thioether (sulfide) groups is 1. The molecule has 1 heterocycles. The van der Waals surface area contributed by atoms with Crippen molar-refractivity contribution in [2.24, 2.45) is 0 Å². The van der Waals surface area contributed by atoms with Gasteiger partial charge >= 0.3 is 5.97 Å². The summed E-state index contributed by atoms with van der Waals surface area (Å²) in [6.45, 7) is 6.27. The first-order valence-corrected chi connectivity index (χ1v) is 7.81. The Hall–Kier alpha value is -0.660. The highest BCUT2D eigenvalue weighted by Crippen LogP contribution is 2.20. The molecule has 0 bridgehead atoms. The Balaban J connectivity index is 2.37. The van der Waals surface area contributed by atoms with E-state index in [4.69, 9.17) is 4.74 Å². The number of carbonyl (C=O) groups is 1. The summed E-state index contributed by atoms with van der Waals surface area (Å²) in [6.07, 6.45) is 0.723. The summed E-state index contributed by atoms with van der Waals surface area (Å²) in [5.41, 5.74) is 1.71. The summed E-state index contributed by atoms with van der Waals surface area (Å²) in [7, 11) is 0. The zero-order valence-corrected chi connectivity index (χ0v) is 12.5. The van der Waals surface area contributed by atoms with E-state index in [1.165, 1.54) is 11.3 Å². The van der Waals surface area contributed by atoms with Crippen molar-refractivity contribution in [1.82, 2.24) is 15.5 Å². The summed E-state index contributed by atoms with van der Waals surface area (Å²) in [6, 6.07) is 0.0105. The molecule has 0 radical (unpaired) electrons. The molecule has 1 unspecified atom stereocenters. The van der Waals surface area contributed by atoms with Gasteiger partial charge in [0.25, 0.3) is 0 Å². The topological polar surface area (TPSA) is 64.1 Å². The Bertz CT molecular complexity index is 344. The number of aromatic nitrogens is 2. The van der Waals surface area contributed by atoms with E-state index in [0.717, 1.165) is 16.5 Å². The Kier molecular flexibility index (Phi) is 7.22. The molecular weight excluding hydrogens is 270 g/mol. The van der Waals surface area contributed by atoms with Crippen LogP contribution in [0.3, 0.4) is 0 Å². The van der Waals surface area contributed by atoms with E-state index < -0.39 is 0 Å². The smallest absolute Gasteiger partial charge is 0.323 e. The molecule has 1 rings (SSSR count). The van der Waals surface area contributed by atoms with Crippen LogP contribution in [-0.4, -0.2) is 40.6 Å². The van der Waals surface area contributed by atoms with Crippen LogP contribution < -0.4 is 5.32 Å². The van der Waals surface area contributed by atoms with Gasteiger partial charge in [0.05, 0.1) is 6.61 Å². The van der Waals surface area contributed by atoms with Gasteiger partial charge in [0.1, 0.15) is 11.6 Å². The molecule has 5 nitrogen and oxygen atoms in total. The Morgan fingerprint density at radius 1 is 1.61 bits per heavy atom. The average Bonchev–Trinajstić information content (AvgIpc) is 2.80. The predicted molar refractivity (Wildman–Crippen MR) is 73.9 cm³/mol. The van der Waals surface area contributed by atoms with Crippen LogP contribution in [0.1, 0.15) is 27.2 Å². The fourth-order valence-corrected chi connectivity index (χ4v) is 2.97. The van der Waals surface area contributed by atoms with Gasteiger partial charge in [-0.1, -0.05) is 36.9 Å². The molecule has 102 valence electrons. The fraction of sp³-hybridized carbons (Fsp3) is 0.727. The number of carbonyl (C=O) groups excluding carboxylic acids is 1. The summed E-state index contributed by atoms with van der Waals surface area (Å²) in [5.74, 6) is 0.641. The summed E-state index contributed by atoms with van der Waals surface area (Å²) >= 11 is 3.13. The third-order valence-corrected chi connectivity index (χ3v) is 3.97. The van der Waals surface area contributed by atoms with Gasteiger partial charge in [0.2, 0.25) is 0 Å². The van der Waals surface area contributed by atoms with Gasteiger partial charge in [-0.05, 0) is 13.3 Å². The molecule has 0 aliphatic carbocycles. The standard InChI is InChI=1S/C11H19N3O2S2/c1-4-16-10(15)9(13-8(2)3)5-6-17-11-14-12-7-18-11/h7-9,13H,4-6H2,1-3H3. The largest absolute Gasteiger partial charge is 0.465 e. The third kappa shape index (κ3) is 5.79. The van der Waals surface area contributed by atoms with Crippen LogP contribution in [0.2, 0.25) is 0 Å². The van der Waals surface area contributed by atoms with Gasteiger partial charge in [-0.3, -0.25) is 4.79 Å². The molecule has 0 amide bonds. The van der Waals surface area contributed by atoms with Crippen molar-refractivity contribution in [3.8, 4) is 0 Å². The molecule has 1 aromatic heterocycles. The maximum atomic E-state index is 11.8. The van der Waals surface area contributed by atoms with E-state index in [9.17, 15) is 4.79 Å². The molecule has 1 aromatic rings. The maximum Gasteiger partial charge on any atom is 0.323 e. The van der Waals surface area contributed by atoms with Crippen molar-refractivity contribution in [3.63, 3.8) is 0 Å². The van der Waals surface area contributed by atoms with Crippen molar-refractivity contribution in [2.45, 2.75) is 43.6 Å². The molecule has 1 atom stereocenters. The van der Waals surface area contributed by atoms with Crippen LogP contribution in [0.15, 0.2) is 9.85 Å². The van der Waals surface area contributed by atoms with Gasteiger partial charge in [0.15, 0.2) is 4.34 Å². The maximum absolute atomic E-state index is 11.8. The van der Waals surface area contributed by atoms with Crippen LogP contribution in [0, 0.1) is 0 Å². The minimum atomic E-state index is -0.245. The van der Waals surface area contributed by atoms with Gasteiger partial charge in [0, 0.05) is 11.8 Å². The van der Waals surface area contributed by atoms with Crippen LogP contribution in [0.4, 0.5) is 0 Å². The number of rotatable bonds is 8. The molecule has 0 aromatic carbocycles. The zero-order valence-electron chi connectivity index (χ0n) is 10.9.